The van der Waals surface area contributed by atoms with Gasteiger partial charge in [-0.25, -0.2) is 14.4 Å². The summed E-state index contributed by atoms with van der Waals surface area (Å²) in [5, 5.41) is 5.85. The molecule has 0 saturated heterocycles. The Balaban J connectivity index is 2.25. The van der Waals surface area contributed by atoms with Gasteiger partial charge >= 0.3 is 18.0 Å². The third kappa shape index (κ3) is 6.18. The number of benzene rings is 1. The van der Waals surface area contributed by atoms with E-state index >= 15 is 0 Å². The summed E-state index contributed by atoms with van der Waals surface area (Å²) in [5.41, 5.74) is 0.950. The molecule has 156 valence electrons. The minimum Gasteiger partial charge on any atom is -0.462 e. The fourth-order valence-electron chi connectivity index (χ4n) is 2.36. The zero-order chi connectivity index (χ0) is 21.4. The van der Waals surface area contributed by atoms with E-state index in [4.69, 9.17) is 25.8 Å². The smallest absolute Gasteiger partial charge is 0.348 e. The number of urea groups is 1. The molecule has 0 fully saturated rings. The number of anilines is 2. The molecule has 0 spiro atoms. The fraction of sp³-hybridized carbons (Fsp3) is 0.316. The van der Waals surface area contributed by atoms with Crippen molar-refractivity contribution in [2.45, 2.75) is 13.8 Å². The van der Waals surface area contributed by atoms with Crippen LogP contribution in [-0.2, 0) is 14.2 Å². The van der Waals surface area contributed by atoms with E-state index in [0.717, 1.165) is 11.3 Å². The minimum atomic E-state index is -0.643. The highest BCUT2D eigenvalue weighted by molar-refractivity contribution is 7.18. The Morgan fingerprint density at radius 2 is 1.86 bits per heavy atom. The Kier molecular flexibility index (Phi) is 8.44. The van der Waals surface area contributed by atoms with Crippen LogP contribution in [0.15, 0.2) is 24.3 Å². The number of thiophene rings is 1. The maximum absolute atomic E-state index is 12.4. The van der Waals surface area contributed by atoms with E-state index in [9.17, 15) is 14.4 Å². The first-order chi connectivity index (χ1) is 13.9. The van der Waals surface area contributed by atoms with Crippen molar-refractivity contribution in [2.75, 3.05) is 37.6 Å². The number of ether oxygens (including phenoxy) is 3. The lowest BCUT2D eigenvalue weighted by Crippen LogP contribution is -2.20. The second-order valence-corrected chi connectivity index (χ2v) is 7.16. The van der Waals surface area contributed by atoms with Gasteiger partial charge in [0.1, 0.15) is 16.5 Å². The van der Waals surface area contributed by atoms with Gasteiger partial charge in [0.05, 0.1) is 18.8 Å². The molecule has 1 heterocycles. The molecule has 29 heavy (non-hydrogen) atoms. The van der Waals surface area contributed by atoms with Gasteiger partial charge in [-0.15, -0.1) is 11.3 Å². The predicted octanol–water partition coefficient (Wildman–Crippen LogP) is 4.33. The van der Waals surface area contributed by atoms with Crippen molar-refractivity contribution < 1.29 is 28.6 Å². The number of amides is 2. The summed E-state index contributed by atoms with van der Waals surface area (Å²) in [4.78, 5) is 37.3. The van der Waals surface area contributed by atoms with Gasteiger partial charge in [-0.05, 0) is 37.6 Å². The molecule has 0 saturated carbocycles. The molecule has 0 radical (unpaired) electrons. The zero-order valence-electron chi connectivity index (χ0n) is 16.2. The van der Waals surface area contributed by atoms with Crippen LogP contribution in [0.3, 0.4) is 0 Å². The number of hydrogen-bond acceptors (Lipinski definition) is 7. The molecule has 2 amide bonds. The van der Waals surface area contributed by atoms with E-state index in [1.807, 2.05) is 0 Å². The summed E-state index contributed by atoms with van der Waals surface area (Å²) in [7, 11) is 1.49. The molecule has 10 heteroatoms. The normalized spacial score (nSPS) is 10.3. The maximum Gasteiger partial charge on any atom is 0.348 e. The maximum atomic E-state index is 12.4. The first-order valence-electron chi connectivity index (χ1n) is 8.67. The Bertz CT molecular complexity index is 899. The van der Waals surface area contributed by atoms with Crippen LogP contribution in [0.2, 0.25) is 5.02 Å². The molecule has 1 aromatic carbocycles. The van der Waals surface area contributed by atoms with Crippen LogP contribution in [0.25, 0.3) is 0 Å². The van der Waals surface area contributed by atoms with E-state index in [1.54, 1.807) is 38.1 Å². The lowest BCUT2D eigenvalue weighted by atomic mass is 10.1. The van der Waals surface area contributed by atoms with Crippen LogP contribution in [0.1, 0.15) is 32.5 Å². The molecule has 0 unspecified atom stereocenters. The predicted molar refractivity (Wildman–Crippen MR) is 111 cm³/mol. The molecular formula is C19H21ClN2O6S. The highest BCUT2D eigenvalue weighted by atomic mass is 35.5. The topological polar surface area (TPSA) is 103 Å². The second kappa shape index (κ2) is 10.8. The van der Waals surface area contributed by atoms with Gasteiger partial charge in [0.15, 0.2) is 0 Å². The van der Waals surface area contributed by atoms with E-state index in [-0.39, 0.29) is 35.3 Å². The van der Waals surface area contributed by atoms with Crippen LogP contribution in [0.4, 0.5) is 15.5 Å². The molecule has 0 aliphatic rings. The number of esters is 2. The third-order valence-electron chi connectivity index (χ3n) is 3.64. The number of carbonyl (C=O) groups is 3. The first-order valence-corrected chi connectivity index (χ1v) is 9.87. The number of halogens is 1. The van der Waals surface area contributed by atoms with Crippen LogP contribution in [-0.4, -0.2) is 44.9 Å². The Morgan fingerprint density at radius 1 is 1.10 bits per heavy atom. The van der Waals surface area contributed by atoms with Crippen molar-refractivity contribution in [2.24, 2.45) is 0 Å². The van der Waals surface area contributed by atoms with Gasteiger partial charge in [0, 0.05) is 17.8 Å². The highest BCUT2D eigenvalue weighted by Gasteiger charge is 2.27. The molecular weight excluding hydrogens is 420 g/mol. The first kappa shape index (κ1) is 22.7. The number of nitrogens with one attached hydrogen (secondary N) is 2. The molecule has 8 nitrogen and oxygen atoms in total. The number of methoxy groups -OCH3 is 1. The fourth-order valence-corrected chi connectivity index (χ4v) is 3.63. The van der Waals surface area contributed by atoms with Crippen LogP contribution < -0.4 is 10.6 Å². The summed E-state index contributed by atoms with van der Waals surface area (Å²) >= 11 is 6.84. The summed E-state index contributed by atoms with van der Waals surface area (Å²) in [6.45, 7) is 3.72. The summed E-state index contributed by atoms with van der Waals surface area (Å²) in [5.74, 6) is -1.26. The van der Waals surface area contributed by atoms with Crippen molar-refractivity contribution in [1.29, 1.82) is 0 Å². The largest absolute Gasteiger partial charge is 0.462 e. The van der Waals surface area contributed by atoms with Gasteiger partial charge in [-0.3, -0.25) is 5.32 Å². The molecule has 0 atom stereocenters. The highest BCUT2D eigenvalue weighted by Crippen LogP contribution is 2.34. The quantitative estimate of drug-likeness (QED) is 0.467. The molecule has 2 rings (SSSR count). The van der Waals surface area contributed by atoms with Crippen molar-refractivity contribution in [3.05, 3.63) is 45.3 Å². The zero-order valence-corrected chi connectivity index (χ0v) is 17.7. The van der Waals surface area contributed by atoms with Crippen molar-refractivity contribution >= 4 is 51.6 Å². The van der Waals surface area contributed by atoms with Gasteiger partial charge in [0.2, 0.25) is 0 Å². The number of carbonyl (C=O) groups excluding carboxylic acids is 3. The molecule has 0 aliphatic carbocycles. The van der Waals surface area contributed by atoms with E-state index < -0.39 is 18.0 Å². The standard InChI is InChI=1S/C19H21ClN2O6S/c1-4-27-17(23)14-11(2)15(18(24)28-9-8-26-3)29-16(14)22-19(25)21-13-7-5-6-12(20)10-13/h5-7,10H,4,8-9H2,1-3H3,(H2,21,22,25). The minimum absolute atomic E-state index is 0.0689. The van der Waals surface area contributed by atoms with Crippen molar-refractivity contribution in [3.63, 3.8) is 0 Å². The number of rotatable bonds is 8. The Labute approximate surface area is 177 Å². The van der Waals surface area contributed by atoms with E-state index in [1.165, 1.54) is 7.11 Å². The average molecular weight is 441 g/mol. The lowest BCUT2D eigenvalue weighted by molar-refractivity contribution is 0.0392. The van der Waals surface area contributed by atoms with Gasteiger partial charge in [-0.2, -0.15) is 0 Å². The van der Waals surface area contributed by atoms with Crippen molar-refractivity contribution in [3.8, 4) is 0 Å². The Hall–Kier alpha value is -2.62. The SMILES string of the molecule is CCOC(=O)c1c(NC(=O)Nc2cccc(Cl)c2)sc(C(=O)OCCOC)c1C. The van der Waals surface area contributed by atoms with E-state index in [2.05, 4.69) is 10.6 Å². The molecule has 0 aliphatic heterocycles. The summed E-state index contributed by atoms with van der Waals surface area (Å²) in [6, 6.07) is 6.00. The summed E-state index contributed by atoms with van der Waals surface area (Å²) < 4.78 is 15.0. The molecule has 1 aromatic heterocycles. The molecule has 0 bridgehead atoms. The Morgan fingerprint density at radius 3 is 2.52 bits per heavy atom. The monoisotopic (exact) mass is 440 g/mol. The lowest BCUT2D eigenvalue weighted by Gasteiger charge is -2.08. The number of hydrogen-bond donors (Lipinski definition) is 2. The van der Waals surface area contributed by atoms with Crippen LogP contribution in [0.5, 0.6) is 0 Å². The second-order valence-electron chi connectivity index (χ2n) is 5.70. The average Bonchev–Trinajstić information content (AvgIpc) is 2.98. The van der Waals surface area contributed by atoms with Gasteiger partial charge in [-0.1, -0.05) is 17.7 Å². The third-order valence-corrected chi connectivity index (χ3v) is 5.06. The van der Waals surface area contributed by atoms with Gasteiger partial charge in [0.25, 0.3) is 0 Å². The van der Waals surface area contributed by atoms with Gasteiger partial charge < -0.3 is 19.5 Å². The van der Waals surface area contributed by atoms with Crippen molar-refractivity contribution in [1.82, 2.24) is 0 Å². The van der Waals surface area contributed by atoms with Crippen LogP contribution >= 0.6 is 22.9 Å². The van der Waals surface area contributed by atoms with Crippen LogP contribution in [0, 0.1) is 6.92 Å². The molecule has 2 aromatic rings. The van der Waals surface area contributed by atoms with E-state index in [0.29, 0.717) is 16.3 Å². The summed E-state index contributed by atoms with van der Waals surface area (Å²) in [6.07, 6.45) is 0. The molecule has 2 N–H and O–H groups in total.